The number of aromatic nitrogens is 4. The van der Waals surface area contributed by atoms with Crippen molar-refractivity contribution in [2.45, 2.75) is 19.3 Å². The highest BCUT2D eigenvalue weighted by Crippen LogP contribution is 2.52. The molecular formula is C103H68N4S. The van der Waals surface area contributed by atoms with Crippen LogP contribution in [0.25, 0.3) is 197 Å². The van der Waals surface area contributed by atoms with Crippen molar-refractivity contribution in [2.75, 3.05) is 0 Å². The van der Waals surface area contributed by atoms with Gasteiger partial charge in [0.2, 0.25) is 0 Å². The number of nitrogens with zero attached hydrogens (tertiary/aromatic N) is 4. The predicted octanol–water partition coefficient (Wildman–Crippen LogP) is 28.3. The number of thiophene rings is 1. The van der Waals surface area contributed by atoms with Crippen LogP contribution in [0, 0.1) is 0 Å². The lowest BCUT2D eigenvalue weighted by Gasteiger charge is -2.21. The topological polar surface area (TPSA) is 19.7 Å². The Morgan fingerprint density at radius 3 is 1.17 bits per heavy atom. The summed E-state index contributed by atoms with van der Waals surface area (Å²) in [5.41, 5.74) is 29.7. The highest BCUT2D eigenvalue weighted by atomic mass is 32.1. The maximum absolute atomic E-state index is 2.49. The van der Waals surface area contributed by atoms with Crippen molar-refractivity contribution in [1.82, 2.24) is 18.3 Å². The summed E-state index contributed by atoms with van der Waals surface area (Å²) in [7, 11) is 0. The highest BCUT2D eigenvalue weighted by Gasteiger charge is 2.36. The van der Waals surface area contributed by atoms with E-state index in [1.165, 1.54) is 202 Å². The molecule has 0 bridgehead atoms. The molecular weight excluding hydrogens is 1330 g/mol. The van der Waals surface area contributed by atoms with Gasteiger partial charge in [0.15, 0.2) is 0 Å². The molecule has 506 valence electrons. The Balaban J connectivity index is 0.000000134. The summed E-state index contributed by atoms with van der Waals surface area (Å²) < 4.78 is 12.3. The normalized spacial score (nSPS) is 12.6. The van der Waals surface area contributed by atoms with Crippen molar-refractivity contribution in [3.8, 4) is 78.4 Å². The van der Waals surface area contributed by atoms with E-state index in [9.17, 15) is 0 Å². The van der Waals surface area contributed by atoms with E-state index >= 15 is 0 Å². The molecule has 23 rings (SSSR count). The van der Waals surface area contributed by atoms with Gasteiger partial charge in [-0.2, -0.15) is 0 Å². The van der Waals surface area contributed by atoms with Crippen LogP contribution in [0.1, 0.15) is 25.0 Å². The standard InChI is InChI=1S/C52H32N2S.C51H36N2/c1-2-12-39(13-3-1)53-47-16-8-6-14-41(47)45-31-37(22-28-48(45)53)38-23-29-49-46(32-38)43-26-27-44-42-15-7-9-17-50(42)55-52(44)51(43)54(49)40-24-20-34(21-25-40)36-19-18-33-10-4-5-11-35(33)30-36;1-51(2)45-19-11-9-17-39(45)41-31-44-43-30-36(26-28-49(43)53(50(44)32-46(41)51)38-15-7-4-8-16-38)34-23-21-33(22-24-34)35-25-27-48-42(29-35)40-18-10-12-20-47(40)52(48)37-13-5-3-6-14-37/h1-32H;3-32H,1-2H3. The molecule has 1 aliphatic rings. The number of hydrogen-bond donors (Lipinski definition) is 0. The van der Waals surface area contributed by atoms with E-state index in [0.717, 1.165) is 5.69 Å². The first kappa shape index (κ1) is 61.9. The fourth-order valence-corrected chi connectivity index (χ4v) is 19.3. The van der Waals surface area contributed by atoms with E-state index in [4.69, 9.17) is 0 Å². The summed E-state index contributed by atoms with van der Waals surface area (Å²) in [6, 6.07) is 138. The van der Waals surface area contributed by atoms with E-state index in [2.05, 4.69) is 408 Å². The van der Waals surface area contributed by atoms with Gasteiger partial charge in [0.1, 0.15) is 0 Å². The Bertz CT molecular complexity index is 7410. The average Bonchev–Trinajstić information content (AvgIpc) is 1.56. The second-order valence-corrected chi connectivity index (χ2v) is 30.6. The SMILES string of the molecule is CC1(C)c2ccccc2-c2cc3c4cc(-c5ccc(-c6ccc7c(c6)c6ccccc6n7-c6ccccc6)cc5)ccc4n(-c4ccccc4)c3cc21.c1ccc(-n2c3ccccc3c3cc(-c4ccc5c(c4)c4ccc6c7ccccc7sc6c4n5-c4ccc(-c5ccc6ccccc6c5)cc4)ccc32)cc1. The zero-order valence-electron chi connectivity index (χ0n) is 59.5. The number of benzene rings is 17. The molecule has 5 heteroatoms. The van der Waals surface area contributed by atoms with Crippen LogP contribution in [0.3, 0.4) is 0 Å². The van der Waals surface area contributed by atoms with Gasteiger partial charge in [0.25, 0.3) is 0 Å². The largest absolute Gasteiger partial charge is 0.309 e. The highest BCUT2D eigenvalue weighted by molar-refractivity contribution is 7.26. The van der Waals surface area contributed by atoms with Crippen molar-refractivity contribution in [2.24, 2.45) is 0 Å². The Labute approximate surface area is 628 Å². The molecule has 108 heavy (non-hydrogen) atoms. The second kappa shape index (κ2) is 24.2. The van der Waals surface area contributed by atoms with E-state index < -0.39 is 0 Å². The molecule has 0 radical (unpaired) electrons. The Hall–Kier alpha value is -13.6. The average molecular weight is 1390 g/mol. The number of para-hydroxylation sites is 5. The number of rotatable bonds is 8. The van der Waals surface area contributed by atoms with Crippen LogP contribution in [0.15, 0.2) is 376 Å². The third kappa shape index (κ3) is 9.62. The van der Waals surface area contributed by atoms with Crippen LogP contribution >= 0.6 is 11.3 Å². The van der Waals surface area contributed by atoms with Gasteiger partial charge in [0, 0.05) is 86.7 Å². The zero-order chi connectivity index (χ0) is 71.3. The summed E-state index contributed by atoms with van der Waals surface area (Å²) in [6.07, 6.45) is 0. The van der Waals surface area contributed by atoms with Gasteiger partial charge in [-0.3, -0.25) is 0 Å². The summed E-state index contributed by atoms with van der Waals surface area (Å²) in [5, 5.41) is 15.3. The van der Waals surface area contributed by atoms with Crippen molar-refractivity contribution < 1.29 is 0 Å². The first-order valence-electron chi connectivity index (χ1n) is 37.4. The van der Waals surface area contributed by atoms with Crippen LogP contribution in [0.2, 0.25) is 0 Å². The lowest BCUT2D eigenvalue weighted by molar-refractivity contribution is 0.661. The molecule has 0 spiro atoms. The molecule has 4 nitrogen and oxygen atoms in total. The molecule has 0 amide bonds. The summed E-state index contributed by atoms with van der Waals surface area (Å²) in [5.74, 6) is 0. The molecule has 17 aromatic carbocycles. The minimum Gasteiger partial charge on any atom is -0.309 e. The van der Waals surface area contributed by atoms with Crippen molar-refractivity contribution >= 4 is 130 Å². The van der Waals surface area contributed by atoms with Gasteiger partial charge in [0.05, 0.1) is 48.8 Å². The quantitative estimate of drug-likeness (QED) is 0.144. The van der Waals surface area contributed by atoms with E-state index in [1.54, 1.807) is 0 Å². The van der Waals surface area contributed by atoms with Crippen molar-refractivity contribution in [3.63, 3.8) is 0 Å². The van der Waals surface area contributed by atoms with E-state index in [1.807, 2.05) is 11.3 Å². The van der Waals surface area contributed by atoms with Crippen molar-refractivity contribution in [3.05, 3.63) is 387 Å². The minimum absolute atomic E-state index is 0.0610. The zero-order valence-corrected chi connectivity index (χ0v) is 60.3. The smallest absolute Gasteiger partial charge is 0.0719 e. The molecule has 0 saturated heterocycles. The molecule has 0 saturated carbocycles. The van der Waals surface area contributed by atoms with Gasteiger partial charge in [-0.05, 0) is 211 Å². The maximum Gasteiger partial charge on any atom is 0.0719 e. The van der Waals surface area contributed by atoms with E-state index in [0.29, 0.717) is 0 Å². The van der Waals surface area contributed by atoms with Gasteiger partial charge in [-0.1, -0.05) is 257 Å². The van der Waals surface area contributed by atoms with Crippen LogP contribution in [-0.2, 0) is 5.41 Å². The van der Waals surface area contributed by atoms with Gasteiger partial charge in [-0.15, -0.1) is 11.3 Å². The summed E-state index contributed by atoms with van der Waals surface area (Å²) in [6.45, 7) is 4.73. The molecule has 1 aliphatic carbocycles. The summed E-state index contributed by atoms with van der Waals surface area (Å²) >= 11 is 1.90. The molecule has 5 aromatic heterocycles. The lowest BCUT2D eigenvalue weighted by atomic mass is 9.82. The van der Waals surface area contributed by atoms with Gasteiger partial charge in [-0.25, -0.2) is 0 Å². The van der Waals surface area contributed by atoms with Crippen molar-refractivity contribution in [1.29, 1.82) is 0 Å². The van der Waals surface area contributed by atoms with Crippen LogP contribution in [-0.4, -0.2) is 18.3 Å². The van der Waals surface area contributed by atoms with E-state index in [-0.39, 0.29) is 5.41 Å². The summed E-state index contributed by atoms with van der Waals surface area (Å²) in [4.78, 5) is 0. The monoisotopic (exact) mass is 1390 g/mol. The van der Waals surface area contributed by atoms with Gasteiger partial charge < -0.3 is 18.3 Å². The molecule has 0 atom stereocenters. The Morgan fingerprint density at radius 1 is 0.213 bits per heavy atom. The first-order chi connectivity index (χ1) is 53.3. The molecule has 0 aliphatic heterocycles. The van der Waals surface area contributed by atoms with Crippen LogP contribution in [0.5, 0.6) is 0 Å². The fourth-order valence-electron chi connectivity index (χ4n) is 18.0. The predicted molar refractivity (Wildman–Crippen MR) is 460 cm³/mol. The van der Waals surface area contributed by atoms with Gasteiger partial charge >= 0.3 is 0 Å². The second-order valence-electron chi connectivity index (χ2n) is 29.5. The molecule has 0 fully saturated rings. The maximum atomic E-state index is 2.49. The molecule has 0 unspecified atom stereocenters. The molecule has 0 N–H and O–H groups in total. The Kier molecular flexibility index (Phi) is 13.9. The molecule has 22 aromatic rings. The third-order valence-electron chi connectivity index (χ3n) is 23.2. The van der Waals surface area contributed by atoms with Crippen LogP contribution < -0.4 is 0 Å². The Morgan fingerprint density at radius 2 is 0.593 bits per heavy atom. The third-order valence-corrected chi connectivity index (χ3v) is 24.4. The molecule has 5 heterocycles. The number of fused-ring (bicyclic) bond motifs is 20. The first-order valence-corrected chi connectivity index (χ1v) is 38.2. The lowest BCUT2D eigenvalue weighted by Crippen LogP contribution is -2.14. The minimum atomic E-state index is -0.0610. The van der Waals surface area contributed by atoms with Crippen LogP contribution in [0.4, 0.5) is 0 Å². The fraction of sp³-hybridized carbons (Fsp3) is 0.0291. The number of hydrogen-bond acceptors (Lipinski definition) is 1.